The quantitative estimate of drug-likeness (QED) is 0.358. The van der Waals surface area contributed by atoms with E-state index < -0.39 is 17.0 Å². The molecule has 6 heteroatoms. The number of ether oxygens (including phenoxy) is 1. The van der Waals surface area contributed by atoms with Crippen molar-refractivity contribution in [3.8, 4) is 0 Å². The molecule has 1 aliphatic heterocycles. The topological polar surface area (TPSA) is 29.5 Å². The van der Waals surface area contributed by atoms with Crippen LogP contribution >= 0.6 is 0 Å². The molecule has 0 saturated carbocycles. The summed E-state index contributed by atoms with van der Waals surface area (Å²) >= 11 is 1.35. The van der Waals surface area contributed by atoms with E-state index in [1.807, 2.05) is 0 Å². The van der Waals surface area contributed by atoms with Crippen LogP contribution in [0.15, 0.2) is 24.8 Å². The molecule has 1 atom stereocenters. The molecular formula is C14H14F2NO2Ti. The van der Waals surface area contributed by atoms with Gasteiger partial charge in [-0.2, -0.15) is 0 Å². The second-order valence-corrected chi connectivity index (χ2v) is 5.79. The van der Waals surface area contributed by atoms with Crippen molar-refractivity contribution in [1.29, 1.82) is 0 Å². The molecule has 105 valence electrons. The van der Waals surface area contributed by atoms with Gasteiger partial charge in [0.25, 0.3) is 0 Å². The van der Waals surface area contributed by atoms with Crippen molar-refractivity contribution < 1.29 is 38.7 Å². The molecule has 1 unspecified atom stereocenters. The van der Waals surface area contributed by atoms with E-state index in [1.165, 1.54) is 37.5 Å². The summed E-state index contributed by atoms with van der Waals surface area (Å²) in [6.07, 6.45) is 1.60. The number of rotatable bonds is 5. The van der Waals surface area contributed by atoms with Gasteiger partial charge in [-0.1, -0.05) is 0 Å². The van der Waals surface area contributed by atoms with Crippen LogP contribution in [0, 0.1) is 17.0 Å². The zero-order valence-electron chi connectivity index (χ0n) is 11.1. The number of hydrogen-bond acceptors (Lipinski definition) is 2. The number of amides is 1. The van der Waals surface area contributed by atoms with Gasteiger partial charge in [0.05, 0.1) is 0 Å². The Balaban J connectivity index is 2.13. The van der Waals surface area contributed by atoms with Crippen molar-refractivity contribution in [3.63, 3.8) is 0 Å². The van der Waals surface area contributed by atoms with Crippen LogP contribution in [0.25, 0.3) is 0 Å². The van der Waals surface area contributed by atoms with Gasteiger partial charge in [-0.05, 0) is 0 Å². The fourth-order valence-corrected chi connectivity index (χ4v) is 2.47. The molecule has 1 amide bonds. The fourth-order valence-electron chi connectivity index (χ4n) is 2.14. The predicted octanol–water partition coefficient (Wildman–Crippen LogP) is 1.69. The number of β-lactam (4-membered cyclic amide) rings is 1. The minimum atomic E-state index is -0.688. The van der Waals surface area contributed by atoms with E-state index in [0.717, 1.165) is 0 Å². The number of anilines is 1. The molecule has 1 aromatic rings. The van der Waals surface area contributed by atoms with Crippen LogP contribution in [0.2, 0.25) is 0 Å². The van der Waals surface area contributed by atoms with E-state index in [-0.39, 0.29) is 22.1 Å². The molecule has 1 heterocycles. The summed E-state index contributed by atoms with van der Waals surface area (Å²) in [6, 6.07) is 2.46. The number of carbonyl (C=O) groups is 1. The third-order valence-electron chi connectivity index (χ3n) is 3.29. The third-order valence-corrected chi connectivity index (χ3v) is 4.00. The Kier molecular flexibility index (Phi) is 4.42. The van der Waals surface area contributed by atoms with Crippen LogP contribution < -0.4 is 8.77 Å². The fraction of sp³-hybridized carbons (Fsp3) is 0.357. The second kappa shape index (κ2) is 5.76. The van der Waals surface area contributed by atoms with Crippen LogP contribution in [-0.2, 0) is 30.0 Å². The first-order valence-corrected chi connectivity index (χ1v) is 6.89. The van der Waals surface area contributed by atoms with Gasteiger partial charge < -0.3 is 0 Å². The van der Waals surface area contributed by atoms with Crippen LogP contribution in [-0.4, -0.2) is 25.7 Å². The van der Waals surface area contributed by atoms with Gasteiger partial charge in [-0.25, -0.2) is 0 Å². The van der Waals surface area contributed by atoms with Crippen molar-refractivity contribution >= 4 is 15.5 Å². The Bertz CT molecular complexity index is 564. The maximum absolute atomic E-state index is 14.0. The van der Waals surface area contributed by atoms with E-state index in [0.29, 0.717) is 13.2 Å². The minimum absolute atomic E-state index is 0.0770. The van der Waals surface area contributed by atoms with E-state index in [1.54, 1.807) is 13.0 Å². The van der Waals surface area contributed by atoms with Gasteiger partial charge in [0.2, 0.25) is 0 Å². The third kappa shape index (κ3) is 2.58. The molecule has 1 saturated heterocycles. The number of hydrogen-bond donors (Lipinski definition) is 0. The molecular weight excluding hydrogens is 300 g/mol. The van der Waals surface area contributed by atoms with Gasteiger partial charge in [0.15, 0.2) is 0 Å². The van der Waals surface area contributed by atoms with Gasteiger partial charge in [0.1, 0.15) is 0 Å². The van der Waals surface area contributed by atoms with E-state index in [9.17, 15) is 13.6 Å². The molecule has 2 rings (SSSR count). The normalized spacial score (nSPS) is 21.7. The van der Waals surface area contributed by atoms with Crippen LogP contribution in [0.3, 0.4) is 0 Å². The number of benzene rings is 1. The SMILES string of the molecule is C=CCOCC1(C)CN(c2ccc(F)[c]([Ti])c2F)C1=O. The van der Waals surface area contributed by atoms with Gasteiger partial charge >= 0.3 is 128 Å². The molecule has 0 spiro atoms. The molecule has 0 radical (unpaired) electrons. The van der Waals surface area contributed by atoms with Crippen molar-refractivity contribution in [1.82, 2.24) is 0 Å². The van der Waals surface area contributed by atoms with Crippen molar-refractivity contribution in [2.75, 3.05) is 24.7 Å². The van der Waals surface area contributed by atoms with E-state index >= 15 is 0 Å². The first kappa shape index (κ1) is 15.4. The van der Waals surface area contributed by atoms with E-state index in [4.69, 9.17) is 4.74 Å². The Hall–Kier alpha value is -1.04. The van der Waals surface area contributed by atoms with Crippen molar-refractivity contribution in [2.24, 2.45) is 5.41 Å². The number of halogens is 2. The van der Waals surface area contributed by atoms with Crippen LogP contribution in [0.1, 0.15) is 6.92 Å². The summed E-state index contributed by atoms with van der Waals surface area (Å²) in [5.41, 5.74) is -0.535. The second-order valence-electron chi connectivity index (χ2n) is 5.01. The molecule has 0 bridgehead atoms. The average molecular weight is 314 g/mol. The molecule has 3 nitrogen and oxygen atoms in total. The summed E-state index contributed by atoms with van der Waals surface area (Å²) < 4.78 is 32.4. The van der Waals surface area contributed by atoms with Gasteiger partial charge in [-0.3, -0.25) is 0 Å². The maximum atomic E-state index is 14.0. The Morgan fingerprint density at radius 2 is 2.25 bits per heavy atom. The molecule has 1 aliphatic rings. The summed E-state index contributed by atoms with van der Waals surface area (Å²) in [4.78, 5) is 13.5. The zero-order valence-corrected chi connectivity index (χ0v) is 12.6. The number of carbonyl (C=O) groups excluding carboxylic acids is 1. The Morgan fingerprint density at radius 1 is 1.55 bits per heavy atom. The average Bonchev–Trinajstić information content (AvgIpc) is 2.43. The molecule has 20 heavy (non-hydrogen) atoms. The van der Waals surface area contributed by atoms with E-state index in [2.05, 4.69) is 6.58 Å². The van der Waals surface area contributed by atoms with Crippen LogP contribution in [0.5, 0.6) is 0 Å². The molecule has 1 aromatic carbocycles. The number of nitrogens with zero attached hydrogens (tertiary/aromatic N) is 1. The van der Waals surface area contributed by atoms with Crippen molar-refractivity contribution in [2.45, 2.75) is 6.92 Å². The zero-order chi connectivity index (χ0) is 14.9. The molecule has 0 aliphatic carbocycles. The summed E-state index contributed by atoms with van der Waals surface area (Å²) in [7, 11) is 0. The van der Waals surface area contributed by atoms with Crippen molar-refractivity contribution in [3.05, 3.63) is 36.4 Å². The Morgan fingerprint density at radius 3 is 2.85 bits per heavy atom. The predicted molar refractivity (Wildman–Crippen MR) is 67.5 cm³/mol. The summed E-state index contributed by atoms with van der Waals surface area (Å²) in [5, 5.41) is 0. The Labute approximate surface area is 128 Å². The van der Waals surface area contributed by atoms with Gasteiger partial charge in [0, 0.05) is 0 Å². The molecule has 0 aromatic heterocycles. The van der Waals surface area contributed by atoms with Gasteiger partial charge in [-0.15, -0.1) is 0 Å². The first-order chi connectivity index (χ1) is 9.40. The monoisotopic (exact) mass is 314 g/mol. The first-order valence-electron chi connectivity index (χ1n) is 6.11. The summed E-state index contributed by atoms with van der Waals surface area (Å²) in [6.45, 7) is 6.28. The summed E-state index contributed by atoms with van der Waals surface area (Å²) in [5.74, 6) is -1.52. The molecule has 1 fully saturated rings. The van der Waals surface area contributed by atoms with Crippen LogP contribution in [0.4, 0.5) is 14.5 Å². The standard InChI is InChI=1S/C14H14F2NO2.Ti/c1-3-6-19-9-14(2)8-17(13(14)18)12-5-4-10(15)7-11(12)16;/h3-5H,1,6,8-9H2,2H3;. The molecule has 0 N–H and O–H groups in total.